The first-order valence-electron chi connectivity index (χ1n) is 6.15. The van der Waals surface area contributed by atoms with Gasteiger partial charge in [0.2, 0.25) is 0 Å². The average molecular weight is 224 g/mol. The molecule has 86 valence electrons. The van der Waals surface area contributed by atoms with Gasteiger partial charge in [0.25, 0.3) is 0 Å². The Morgan fingerprint density at radius 3 is 2.41 bits per heavy atom. The molecule has 1 N–H and O–H groups in total. The van der Waals surface area contributed by atoms with Crippen LogP contribution in [0.3, 0.4) is 0 Å². The summed E-state index contributed by atoms with van der Waals surface area (Å²) >= 11 is 0. The van der Waals surface area contributed by atoms with Gasteiger partial charge in [0.05, 0.1) is 6.10 Å². The van der Waals surface area contributed by atoms with Crippen molar-refractivity contribution < 1.29 is 5.11 Å². The molecule has 2 atom stereocenters. The van der Waals surface area contributed by atoms with Gasteiger partial charge < -0.3 is 5.11 Å². The molecule has 1 nitrogen and oxygen atoms in total. The second-order valence-corrected chi connectivity index (χ2v) is 4.76. The Kier molecular flexibility index (Phi) is 2.69. The molecule has 0 fully saturated rings. The van der Waals surface area contributed by atoms with Gasteiger partial charge in [0.1, 0.15) is 0 Å². The Labute approximate surface area is 102 Å². The van der Waals surface area contributed by atoms with Crippen molar-refractivity contribution in [3.05, 3.63) is 71.3 Å². The van der Waals surface area contributed by atoms with Crippen molar-refractivity contribution in [1.82, 2.24) is 0 Å². The Bertz CT molecular complexity index is 504. The molecule has 1 aliphatic rings. The molecule has 0 bridgehead atoms. The summed E-state index contributed by atoms with van der Waals surface area (Å²) in [6.45, 7) is 0. The molecule has 0 amide bonds. The molecule has 0 unspecified atom stereocenters. The van der Waals surface area contributed by atoms with Crippen LogP contribution >= 0.6 is 0 Å². The van der Waals surface area contributed by atoms with E-state index in [9.17, 15) is 5.11 Å². The highest BCUT2D eigenvalue weighted by molar-refractivity contribution is 5.35. The molecule has 2 aromatic carbocycles. The summed E-state index contributed by atoms with van der Waals surface area (Å²) in [7, 11) is 0. The van der Waals surface area contributed by atoms with E-state index >= 15 is 0 Å². The minimum absolute atomic E-state index is 0.315. The first-order valence-corrected chi connectivity index (χ1v) is 6.15. The quantitative estimate of drug-likeness (QED) is 0.786. The molecule has 1 heteroatoms. The van der Waals surface area contributed by atoms with Gasteiger partial charge in [-0.1, -0.05) is 54.6 Å². The minimum atomic E-state index is -0.315. The third-order valence-electron chi connectivity index (χ3n) is 3.66. The van der Waals surface area contributed by atoms with Crippen molar-refractivity contribution in [1.29, 1.82) is 0 Å². The Morgan fingerprint density at radius 2 is 1.59 bits per heavy atom. The van der Waals surface area contributed by atoms with Crippen LogP contribution in [0.2, 0.25) is 0 Å². The minimum Gasteiger partial charge on any atom is -0.388 e. The summed E-state index contributed by atoms with van der Waals surface area (Å²) in [6, 6.07) is 18.7. The van der Waals surface area contributed by atoms with E-state index < -0.39 is 0 Å². The fraction of sp³-hybridized carbons (Fsp3) is 0.250. The summed E-state index contributed by atoms with van der Waals surface area (Å²) in [6.07, 6.45) is 1.56. The number of hydrogen-bond donors (Lipinski definition) is 1. The van der Waals surface area contributed by atoms with E-state index in [1.807, 2.05) is 18.2 Å². The highest BCUT2D eigenvalue weighted by Gasteiger charge is 2.25. The number of hydrogen-bond acceptors (Lipinski definition) is 1. The van der Waals surface area contributed by atoms with Gasteiger partial charge in [-0.2, -0.15) is 0 Å². The zero-order chi connectivity index (χ0) is 11.7. The van der Waals surface area contributed by atoms with Crippen molar-refractivity contribution in [2.45, 2.75) is 24.9 Å². The lowest BCUT2D eigenvalue weighted by atomic mass is 9.79. The molecule has 1 aliphatic carbocycles. The van der Waals surface area contributed by atoms with Crippen LogP contribution in [0, 0.1) is 0 Å². The molecule has 0 saturated carbocycles. The van der Waals surface area contributed by atoms with Crippen LogP contribution in [0.4, 0.5) is 0 Å². The summed E-state index contributed by atoms with van der Waals surface area (Å²) in [5.74, 6) is 0.445. The van der Waals surface area contributed by atoms with Crippen LogP contribution in [-0.2, 0) is 6.42 Å². The largest absolute Gasteiger partial charge is 0.388 e. The van der Waals surface area contributed by atoms with Gasteiger partial charge in [-0.3, -0.25) is 0 Å². The van der Waals surface area contributed by atoms with Gasteiger partial charge in [0.15, 0.2) is 0 Å². The molecule has 0 radical (unpaired) electrons. The van der Waals surface area contributed by atoms with Crippen molar-refractivity contribution in [3.63, 3.8) is 0 Å². The van der Waals surface area contributed by atoms with Crippen molar-refractivity contribution in [3.8, 4) is 0 Å². The first kappa shape index (κ1) is 10.5. The predicted octanol–water partition coefficient (Wildman–Crippen LogP) is 3.45. The molecule has 0 spiro atoms. The third kappa shape index (κ3) is 1.98. The molecule has 0 aromatic heterocycles. The van der Waals surface area contributed by atoms with Gasteiger partial charge in [-0.05, 0) is 35.4 Å². The Balaban J connectivity index is 1.94. The second-order valence-electron chi connectivity index (χ2n) is 4.76. The maximum Gasteiger partial charge on any atom is 0.0798 e. The lowest BCUT2D eigenvalue weighted by molar-refractivity contribution is 0.147. The molecule has 2 aromatic rings. The highest BCUT2D eigenvalue weighted by atomic mass is 16.3. The smallest absolute Gasteiger partial charge is 0.0798 e. The van der Waals surface area contributed by atoms with Crippen LogP contribution in [0.25, 0.3) is 0 Å². The lowest BCUT2D eigenvalue weighted by Crippen LogP contribution is -2.17. The first-order chi connectivity index (χ1) is 8.34. The third-order valence-corrected chi connectivity index (χ3v) is 3.66. The van der Waals surface area contributed by atoms with Crippen LogP contribution in [-0.4, -0.2) is 5.11 Å². The van der Waals surface area contributed by atoms with Crippen LogP contribution in [0.15, 0.2) is 54.6 Å². The van der Waals surface area contributed by atoms with E-state index in [1.54, 1.807) is 0 Å². The molecular formula is C16H16O. The second kappa shape index (κ2) is 4.34. The molecule has 0 saturated heterocycles. The van der Waals surface area contributed by atoms with E-state index in [0.717, 1.165) is 18.4 Å². The Morgan fingerprint density at radius 1 is 0.882 bits per heavy atom. The van der Waals surface area contributed by atoms with E-state index in [-0.39, 0.29) is 6.10 Å². The fourth-order valence-electron chi connectivity index (χ4n) is 2.77. The number of benzene rings is 2. The number of rotatable bonds is 1. The number of fused-ring (bicyclic) bond motifs is 1. The van der Waals surface area contributed by atoms with Gasteiger partial charge in [-0.25, -0.2) is 0 Å². The van der Waals surface area contributed by atoms with Gasteiger partial charge in [-0.15, -0.1) is 0 Å². The van der Waals surface area contributed by atoms with Crippen LogP contribution in [0.1, 0.15) is 35.1 Å². The fourth-order valence-corrected chi connectivity index (χ4v) is 2.77. The zero-order valence-corrected chi connectivity index (χ0v) is 9.71. The van der Waals surface area contributed by atoms with E-state index in [1.165, 1.54) is 11.1 Å². The summed E-state index contributed by atoms with van der Waals surface area (Å²) in [4.78, 5) is 0. The zero-order valence-electron chi connectivity index (χ0n) is 9.71. The van der Waals surface area contributed by atoms with Gasteiger partial charge in [0, 0.05) is 0 Å². The molecule has 3 rings (SSSR count). The molecular weight excluding hydrogens is 208 g/mol. The lowest BCUT2D eigenvalue weighted by Gasteiger charge is -2.28. The van der Waals surface area contributed by atoms with Crippen molar-refractivity contribution in [2.75, 3.05) is 0 Å². The maximum absolute atomic E-state index is 10.2. The van der Waals surface area contributed by atoms with E-state index in [2.05, 4.69) is 36.4 Å². The summed E-state index contributed by atoms with van der Waals surface area (Å²) in [5.41, 5.74) is 3.74. The van der Waals surface area contributed by atoms with E-state index in [4.69, 9.17) is 0 Å². The van der Waals surface area contributed by atoms with E-state index in [0.29, 0.717) is 5.92 Å². The van der Waals surface area contributed by atoms with Crippen molar-refractivity contribution >= 4 is 0 Å². The predicted molar refractivity (Wildman–Crippen MR) is 68.9 cm³/mol. The molecule has 0 aliphatic heterocycles. The SMILES string of the molecule is O[C@@H]1C[C@@H](c2ccccc2)Cc2ccccc21. The summed E-state index contributed by atoms with van der Waals surface area (Å²) in [5, 5.41) is 10.2. The number of aliphatic hydroxyl groups excluding tert-OH is 1. The normalized spacial score (nSPS) is 23.1. The molecule has 17 heavy (non-hydrogen) atoms. The van der Waals surface area contributed by atoms with Crippen LogP contribution in [0.5, 0.6) is 0 Å². The Hall–Kier alpha value is -1.60. The average Bonchev–Trinajstić information content (AvgIpc) is 2.40. The standard InChI is InChI=1S/C16H16O/c17-16-11-14(12-6-2-1-3-7-12)10-13-8-4-5-9-15(13)16/h1-9,14,16-17H,10-11H2/t14-,16+/m0/s1. The van der Waals surface area contributed by atoms with Crippen LogP contribution < -0.4 is 0 Å². The highest BCUT2D eigenvalue weighted by Crippen LogP contribution is 2.38. The topological polar surface area (TPSA) is 20.2 Å². The number of aliphatic hydroxyl groups is 1. The summed E-state index contributed by atoms with van der Waals surface area (Å²) < 4.78 is 0. The van der Waals surface area contributed by atoms with Gasteiger partial charge >= 0.3 is 0 Å². The van der Waals surface area contributed by atoms with Crippen molar-refractivity contribution in [2.24, 2.45) is 0 Å². The monoisotopic (exact) mass is 224 g/mol. The maximum atomic E-state index is 10.2. The molecule has 0 heterocycles.